The summed E-state index contributed by atoms with van der Waals surface area (Å²) in [6.45, 7) is 4.18. The molecule has 0 unspecified atom stereocenters. The highest BCUT2D eigenvalue weighted by molar-refractivity contribution is 6.43. The second-order valence-corrected chi connectivity index (χ2v) is 4.67. The molecule has 0 aliphatic rings. The second-order valence-electron chi connectivity index (χ2n) is 3.88. The van der Waals surface area contributed by atoms with E-state index in [4.69, 9.17) is 28.9 Å². The van der Waals surface area contributed by atoms with Crippen LogP contribution in [0.1, 0.15) is 0 Å². The number of nitrogens with zero attached hydrogens (tertiary/aromatic N) is 2. The van der Waals surface area contributed by atoms with Crippen molar-refractivity contribution in [3.63, 3.8) is 0 Å². The summed E-state index contributed by atoms with van der Waals surface area (Å²) < 4.78 is 0. The van der Waals surface area contributed by atoms with Crippen LogP contribution < -0.4 is 16.4 Å². The van der Waals surface area contributed by atoms with Gasteiger partial charge in [0.05, 0.1) is 15.7 Å². The van der Waals surface area contributed by atoms with Crippen LogP contribution in [0.4, 0.5) is 23.0 Å². The molecule has 0 aliphatic carbocycles. The van der Waals surface area contributed by atoms with Crippen LogP contribution in [0.15, 0.2) is 37.2 Å². The average molecular weight is 310 g/mol. The van der Waals surface area contributed by atoms with Crippen LogP contribution in [0.5, 0.6) is 0 Å². The molecule has 7 heteroatoms. The van der Waals surface area contributed by atoms with Crippen molar-refractivity contribution in [3.05, 3.63) is 47.2 Å². The highest BCUT2D eigenvalue weighted by Crippen LogP contribution is 2.33. The topological polar surface area (TPSA) is 75.9 Å². The van der Waals surface area contributed by atoms with Gasteiger partial charge in [0.1, 0.15) is 12.0 Å². The van der Waals surface area contributed by atoms with E-state index in [1.807, 2.05) is 0 Å². The Bertz CT molecular complexity index is 630. The predicted molar refractivity (Wildman–Crippen MR) is 84.9 cm³/mol. The number of aromatic nitrogens is 2. The molecule has 0 saturated heterocycles. The molecule has 2 aromatic rings. The standard InChI is InChI=1S/C13H13Cl2N5/c1-2-6-17-12-11(16)13(19-7-18-12)20-9-5-3-4-8(14)10(9)15/h2-5,7H,1,6,16H2,(H2,17,18,19,20). The molecule has 0 amide bonds. The molecule has 1 heterocycles. The first-order chi connectivity index (χ1) is 9.63. The summed E-state index contributed by atoms with van der Waals surface area (Å²) >= 11 is 12.1. The van der Waals surface area contributed by atoms with E-state index in [0.29, 0.717) is 39.6 Å². The molecular weight excluding hydrogens is 297 g/mol. The summed E-state index contributed by atoms with van der Waals surface area (Å²) in [5, 5.41) is 6.92. The number of nitrogen functional groups attached to an aromatic ring is 1. The Labute approximate surface area is 126 Å². The minimum absolute atomic E-state index is 0.394. The number of benzene rings is 1. The Hall–Kier alpha value is -1.98. The summed E-state index contributed by atoms with van der Waals surface area (Å²) in [6, 6.07) is 5.27. The van der Waals surface area contributed by atoms with Gasteiger partial charge in [-0.15, -0.1) is 6.58 Å². The number of rotatable bonds is 5. The summed E-state index contributed by atoms with van der Waals surface area (Å²) in [7, 11) is 0. The van der Waals surface area contributed by atoms with Crippen LogP contribution in [-0.4, -0.2) is 16.5 Å². The van der Waals surface area contributed by atoms with Crippen LogP contribution >= 0.6 is 23.2 Å². The quantitative estimate of drug-likeness (QED) is 0.734. The Kier molecular flexibility index (Phi) is 4.65. The molecule has 5 nitrogen and oxygen atoms in total. The third-order valence-corrected chi connectivity index (χ3v) is 3.32. The van der Waals surface area contributed by atoms with E-state index >= 15 is 0 Å². The fraction of sp³-hybridized carbons (Fsp3) is 0.0769. The van der Waals surface area contributed by atoms with Crippen molar-refractivity contribution < 1.29 is 0 Å². The van der Waals surface area contributed by atoms with Gasteiger partial charge in [0.15, 0.2) is 11.6 Å². The van der Waals surface area contributed by atoms with Crippen molar-refractivity contribution in [2.24, 2.45) is 0 Å². The molecule has 0 aliphatic heterocycles. The van der Waals surface area contributed by atoms with Crippen molar-refractivity contribution in [2.75, 3.05) is 22.9 Å². The van der Waals surface area contributed by atoms with Gasteiger partial charge in [-0.25, -0.2) is 9.97 Å². The first-order valence-electron chi connectivity index (χ1n) is 5.79. The van der Waals surface area contributed by atoms with E-state index < -0.39 is 0 Å². The van der Waals surface area contributed by atoms with Crippen LogP contribution in [0, 0.1) is 0 Å². The second kappa shape index (κ2) is 6.45. The number of hydrogen-bond donors (Lipinski definition) is 3. The fourth-order valence-electron chi connectivity index (χ4n) is 1.53. The van der Waals surface area contributed by atoms with Crippen molar-refractivity contribution in [1.29, 1.82) is 0 Å². The highest BCUT2D eigenvalue weighted by atomic mass is 35.5. The third-order valence-electron chi connectivity index (χ3n) is 2.50. The van der Waals surface area contributed by atoms with E-state index in [1.165, 1.54) is 6.33 Å². The molecule has 0 bridgehead atoms. The van der Waals surface area contributed by atoms with Gasteiger partial charge in [0, 0.05) is 6.54 Å². The van der Waals surface area contributed by atoms with Crippen molar-refractivity contribution in [3.8, 4) is 0 Å². The maximum absolute atomic E-state index is 6.11. The van der Waals surface area contributed by atoms with E-state index in [-0.39, 0.29) is 0 Å². The van der Waals surface area contributed by atoms with Gasteiger partial charge in [-0.3, -0.25) is 0 Å². The molecule has 104 valence electrons. The van der Waals surface area contributed by atoms with Crippen molar-refractivity contribution >= 4 is 46.2 Å². The van der Waals surface area contributed by atoms with Crippen LogP contribution in [-0.2, 0) is 0 Å². The van der Waals surface area contributed by atoms with Crippen LogP contribution in [0.2, 0.25) is 10.0 Å². The zero-order valence-electron chi connectivity index (χ0n) is 10.5. The maximum atomic E-state index is 6.11. The molecule has 0 saturated carbocycles. The van der Waals surface area contributed by atoms with Gasteiger partial charge in [0.2, 0.25) is 0 Å². The monoisotopic (exact) mass is 309 g/mol. The third kappa shape index (κ3) is 3.12. The van der Waals surface area contributed by atoms with Crippen molar-refractivity contribution in [1.82, 2.24) is 9.97 Å². The lowest BCUT2D eigenvalue weighted by Crippen LogP contribution is -2.08. The smallest absolute Gasteiger partial charge is 0.159 e. The Morgan fingerprint density at radius 1 is 1.25 bits per heavy atom. The molecule has 4 N–H and O–H groups in total. The first-order valence-corrected chi connectivity index (χ1v) is 6.55. The van der Waals surface area contributed by atoms with E-state index in [1.54, 1.807) is 24.3 Å². The zero-order valence-corrected chi connectivity index (χ0v) is 12.0. The van der Waals surface area contributed by atoms with Gasteiger partial charge < -0.3 is 16.4 Å². The SMILES string of the molecule is C=CCNc1ncnc(Nc2cccc(Cl)c2Cl)c1N. The number of hydrogen-bond acceptors (Lipinski definition) is 5. The molecule has 0 spiro atoms. The van der Waals surface area contributed by atoms with E-state index in [0.717, 1.165) is 0 Å². The lowest BCUT2D eigenvalue weighted by Gasteiger charge is -2.13. The predicted octanol–water partition coefficient (Wildman–Crippen LogP) is 3.71. The molecule has 1 aromatic heterocycles. The normalized spacial score (nSPS) is 10.1. The molecule has 2 rings (SSSR count). The molecule has 0 radical (unpaired) electrons. The van der Waals surface area contributed by atoms with Gasteiger partial charge in [0.25, 0.3) is 0 Å². The van der Waals surface area contributed by atoms with Gasteiger partial charge in [-0.1, -0.05) is 35.3 Å². The zero-order chi connectivity index (χ0) is 14.5. The van der Waals surface area contributed by atoms with E-state index in [9.17, 15) is 0 Å². The van der Waals surface area contributed by atoms with Crippen LogP contribution in [0.3, 0.4) is 0 Å². The Morgan fingerprint density at radius 3 is 2.75 bits per heavy atom. The lowest BCUT2D eigenvalue weighted by atomic mass is 10.3. The summed E-state index contributed by atoms with van der Waals surface area (Å²) in [4.78, 5) is 8.16. The van der Waals surface area contributed by atoms with Gasteiger partial charge in [-0.05, 0) is 12.1 Å². The highest BCUT2D eigenvalue weighted by Gasteiger charge is 2.10. The summed E-state index contributed by atoms with van der Waals surface area (Å²) in [5.74, 6) is 0.983. The molecular formula is C13H13Cl2N5. The Morgan fingerprint density at radius 2 is 2.00 bits per heavy atom. The maximum Gasteiger partial charge on any atom is 0.159 e. The van der Waals surface area contributed by atoms with Crippen molar-refractivity contribution in [2.45, 2.75) is 0 Å². The summed E-state index contributed by atoms with van der Waals surface area (Å²) in [6.07, 6.45) is 3.12. The minimum Gasteiger partial charge on any atom is -0.393 e. The fourth-order valence-corrected chi connectivity index (χ4v) is 1.88. The van der Waals surface area contributed by atoms with Gasteiger partial charge >= 0.3 is 0 Å². The number of anilines is 4. The number of nitrogens with one attached hydrogen (secondary N) is 2. The lowest BCUT2D eigenvalue weighted by molar-refractivity contribution is 1.14. The largest absolute Gasteiger partial charge is 0.393 e. The number of nitrogens with two attached hydrogens (primary N) is 1. The molecule has 0 atom stereocenters. The molecule has 1 aromatic carbocycles. The minimum atomic E-state index is 0.394. The van der Waals surface area contributed by atoms with Gasteiger partial charge in [-0.2, -0.15) is 0 Å². The van der Waals surface area contributed by atoms with Crippen LogP contribution in [0.25, 0.3) is 0 Å². The average Bonchev–Trinajstić information content (AvgIpc) is 2.44. The number of halogens is 2. The molecule has 0 fully saturated rings. The first kappa shape index (κ1) is 14.4. The van der Waals surface area contributed by atoms with E-state index in [2.05, 4.69) is 27.2 Å². The Balaban J connectivity index is 2.29. The summed E-state index contributed by atoms with van der Waals surface area (Å²) in [5.41, 5.74) is 7.02. The molecule has 20 heavy (non-hydrogen) atoms.